The maximum atomic E-state index is 12.1. The zero-order valence-electron chi connectivity index (χ0n) is 16.7. The number of unbranched alkanes of at least 4 members (excludes halogenated alkanes) is 1. The number of benzene rings is 1. The van der Waals surface area contributed by atoms with Gasteiger partial charge in [-0.3, -0.25) is 9.79 Å². The van der Waals surface area contributed by atoms with Crippen LogP contribution in [0.5, 0.6) is 0 Å². The summed E-state index contributed by atoms with van der Waals surface area (Å²) in [5.41, 5.74) is 1.96. The number of hydrogen-bond acceptors (Lipinski definition) is 3. The summed E-state index contributed by atoms with van der Waals surface area (Å²) in [4.78, 5) is 16.3. The molecule has 1 saturated carbocycles. The first-order valence-electron chi connectivity index (χ1n) is 10.1. The zero-order valence-corrected chi connectivity index (χ0v) is 16.7. The highest BCUT2D eigenvalue weighted by Gasteiger charge is 2.25. The van der Waals surface area contributed by atoms with Gasteiger partial charge >= 0.3 is 0 Å². The van der Waals surface area contributed by atoms with Crippen LogP contribution in [-0.4, -0.2) is 38.7 Å². The van der Waals surface area contributed by atoms with E-state index in [0.29, 0.717) is 6.54 Å². The molecule has 0 bridgehead atoms. The van der Waals surface area contributed by atoms with Crippen molar-refractivity contribution < 1.29 is 9.53 Å². The van der Waals surface area contributed by atoms with Gasteiger partial charge in [0.05, 0.1) is 0 Å². The zero-order chi connectivity index (χ0) is 19.3. The largest absolute Gasteiger partial charge is 0.381 e. The van der Waals surface area contributed by atoms with Gasteiger partial charge in [-0.15, -0.1) is 0 Å². The summed E-state index contributed by atoms with van der Waals surface area (Å²) in [6, 6.07) is 7.96. The van der Waals surface area contributed by atoms with Crippen molar-refractivity contribution in [3.63, 3.8) is 0 Å². The van der Waals surface area contributed by atoms with Crippen LogP contribution >= 0.6 is 0 Å². The van der Waals surface area contributed by atoms with Gasteiger partial charge in [0, 0.05) is 45.0 Å². The number of ether oxygens (including phenoxy) is 1. The van der Waals surface area contributed by atoms with E-state index >= 15 is 0 Å². The molecule has 0 unspecified atom stereocenters. The van der Waals surface area contributed by atoms with E-state index in [4.69, 9.17) is 4.74 Å². The highest BCUT2D eigenvalue weighted by molar-refractivity contribution is 5.93. The monoisotopic (exact) mass is 374 g/mol. The molecule has 0 atom stereocenters. The summed E-state index contributed by atoms with van der Waals surface area (Å²) in [6.07, 6.45) is 6.43. The predicted octanol–water partition coefficient (Wildman–Crippen LogP) is 3.30. The van der Waals surface area contributed by atoms with E-state index < -0.39 is 0 Å². The van der Waals surface area contributed by atoms with Crippen LogP contribution in [0.1, 0.15) is 51.0 Å². The average molecular weight is 375 g/mol. The lowest BCUT2D eigenvalue weighted by Crippen LogP contribution is -2.37. The van der Waals surface area contributed by atoms with Crippen molar-refractivity contribution in [1.82, 2.24) is 10.6 Å². The molecule has 0 aromatic heterocycles. The van der Waals surface area contributed by atoms with Crippen LogP contribution in [0.4, 0.5) is 5.69 Å². The standard InChI is InChI=1S/C21H34N4O2/c1-3-4-13-27-14-7-12-23-21(22-2)24-16-17-8-5-11-19(15-17)25-20(26)18-9-6-10-18/h5,8,11,15,18H,3-4,6-7,9-10,12-14,16H2,1-2H3,(H,25,26)(H2,22,23,24). The number of anilines is 1. The number of aliphatic imine (C=N–C) groups is 1. The molecule has 6 heteroatoms. The predicted molar refractivity (Wildman–Crippen MR) is 111 cm³/mol. The van der Waals surface area contributed by atoms with Crippen LogP contribution in [0, 0.1) is 5.92 Å². The smallest absolute Gasteiger partial charge is 0.227 e. The van der Waals surface area contributed by atoms with Gasteiger partial charge < -0.3 is 20.7 Å². The summed E-state index contributed by atoms with van der Waals surface area (Å²) in [5, 5.41) is 9.63. The van der Waals surface area contributed by atoms with Gasteiger partial charge in [-0.2, -0.15) is 0 Å². The molecule has 6 nitrogen and oxygen atoms in total. The van der Waals surface area contributed by atoms with Crippen LogP contribution < -0.4 is 16.0 Å². The average Bonchev–Trinajstić information content (AvgIpc) is 2.62. The molecule has 150 valence electrons. The molecule has 1 aliphatic rings. The molecule has 1 amide bonds. The van der Waals surface area contributed by atoms with Gasteiger partial charge in [0.1, 0.15) is 0 Å². The van der Waals surface area contributed by atoms with Crippen LogP contribution in [0.15, 0.2) is 29.3 Å². The van der Waals surface area contributed by atoms with Gasteiger partial charge in [0.25, 0.3) is 0 Å². The van der Waals surface area contributed by atoms with Crippen molar-refractivity contribution in [1.29, 1.82) is 0 Å². The quantitative estimate of drug-likeness (QED) is 0.316. The van der Waals surface area contributed by atoms with Gasteiger partial charge in [-0.1, -0.05) is 31.9 Å². The Morgan fingerprint density at radius 3 is 2.74 bits per heavy atom. The van der Waals surface area contributed by atoms with Gasteiger partial charge in [0.15, 0.2) is 5.96 Å². The van der Waals surface area contributed by atoms with Crippen LogP contribution in [0.2, 0.25) is 0 Å². The maximum Gasteiger partial charge on any atom is 0.227 e. The van der Waals surface area contributed by atoms with Crippen LogP contribution in [0.3, 0.4) is 0 Å². The summed E-state index contributed by atoms with van der Waals surface area (Å²) in [7, 11) is 1.77. The van der Waals surface area contributed by atoms with E-state index in [0.717, 1.165) is 62.7 Å². The molecule has 3 N–H and O–H groups in total. The second kappa shape index (κ2) is 12.3. The fourth-order valence-corrected chi connectivity index (χ4v) is 2.81. The topological polar surface area (TPSA) is 74.8 Å². The number of hydrogen-bond donors (Lipinski definition) is 3. The third-order valence-electron chi connectivity index (χ3n) is 4.75. The van der Waals surface area contributed by atoms with Gasteiger partial charge in [-0.05, 0) is 43.4 Å². The summed E-state index contributed by atoms with van der Waals surface area (Å²) >= 11 is 0. The molecule has 0 saturated heterocycles. The van der Waals surface area contributed by atoms with Crippen LogP contribution in [0.25, 0.3) is 0 Å². The molecule has 0 aliphatic heterocycles. The van der Waals surface area contributed by atoms with E-state index in [2.05, 4.69) is 27.9 Å². The van der Waals surface area contributed by atoms with E-state index in [-0.39, 0.29) is 11.8 Å². The Kier molecular flexibility index (Phi) is 9.69. The Bertz CT molecular complexity index is 600. The number of amides is 1. The van der Waals surface area contributed by atoms with Crippen molar-refractivity contribution in [2.75, 3.05) is 32.1 Å². The lowest BCUT2D eigenvalue weighted by Gasteiger charge is -2.24. The molecule has 1 fully saturated rings. The fraction of sp³-hybridized carbons (Fsp3) is 0.619. The number of carbonyl (C=O) groups excluding carboxylic acids is 1. The molecular formula is C21H34N4O2. The lowest BCUT2D eigenvalue weighted by molar-refractivity contribution is -0.122. The molecule has 2 rings (SSSR count). The molecule has 1 aromatic rings. The van der Waals surface area contributed by atoms with Crippen molar-refractivity contribution in [2.45, 2.75) is 52.0 Å². The van der Waals surface area contributed by atoms with Crippen molar-refractivity contribution in [3.05, 3.63) is 29.8 Å². The molecule has 1 aromatic carbocycles. The molecule has 0 heterocycles. The second-order valence-corrected chi connectivity index (χ2v) is 6.99. The number of nitrogens with one attached hydrogen (secondary N) is 3. The van der Waals surface area contributed by atoms with Crippen molar-refractivity contribution >= 4 is 17.6 Å². The number of nitrogens with zero attached hydrogens (tertiary/aromatic N) is 1. The first kappa shape index (κ1) is 21.2. The van der Waals surface area contributed by atoms with Crippen molar-refractivity contribution in [2.24, 2.45) is 10.9 Å². The molecule has 0 spiro atoms. The SMILES string of the molecule is CCCCOCCCNC(=NC)NCc1cccc(NC(=O)C2CCC2)c1. The maximum absolute atomic E-state index is 12.1. The van der Waals surface area contributed by atoms with Crippen LogP contribution in [-0.2, 0) is 16.1 Å². The Balaban J connectivity index is 1.67. The van der Waals surface area contributed by atoms with E-state index in [1.165, 1.54) is 12.8 Å². The normalized spacial score (nSPS) is 14.5. The highest BCUT2D eigenvalue weighted by Crippen LogP contribution is 2.27. The third-order valence-corrected chi connectivity index (χ3v) is 4.75. The number of rotatable bonds is 11. The molecule has 0 radical (unpaired) electrons. The van der Waals surface area contributed by atoms with Gasteiger partial charge in [0.2, 0.25) is 5.91 Å². The number of guanidine groups is 1. The summed E-state index contributed by atoms with van der Waals surface area (Å²) in [6.45, 7) is 5.26. The first-order chi connectivity index (χ1) is 13.2. The van der Waals surface area contributed by atoms with E-state index in [1.54, 1.807) is 7.05 Å². The molecule has 27 heavy (non-hydrogen) atoms. The molecule has 1 aliphatic carbocycles. The minimum Gasteiger partial charge on any atom is -0.381 e. The second-order valence-electron chi connectivity index (χ2n) is 6.99. The minimum absolute atomic E-state index is 0.144. The third kappa shape index (κ3) is 7.99. The summed E-state index contributed by atoms with van der Waals surface area (Å²) in [5.74, 6) is 1.11. The Morgan fingerprint density at radius 1 is 1.22 bits per heavy atom. The minimum atomic E-state index is 0.144. The Hall–Kier alpha value is -2.08. The van der Waals surface area contributed by atoms with E-state index in [9.17, 15) is 4.79 Å². The fourth-order valence-electron chi connectivity index (χ4n) is 2.81. The van der Waals surface area contributed by atoms with Gasteiger partial charge in [-0.25, -0.2) is 0 Å². The lowest BCUT2D eigenvalue weighted by atomic mass is 9.85. The number of carbonyl (C=O) groups is 1. The van der Waals surface area contributed by atoms with E-state index in [1.807, 2.05) is 24.3 Å². The Labute approximate surface area is 163 Å². The first-order valence-corrected chi connectivity index (χ1v) is 10.1. The molecular weight excluding hydrogens is 340 g/mol. The highest BCUT2D eigenvalue weighted by atomic mass is 16.5. The van der Waals surface area contributed by atoms with Crippen molar-refractivity contribution in [3.8, 4) is 0 Å². The summed E-state index contributed by atoms with van der Waals surface area (Å²) < 4.78 is 5.56. The Morgan fingerprint density at radius 2 is 2.04 bits per heavy atom.